The molecule has 0 fully saturated rings. The summed E-state index contributed by atoms with van der Waals surface area (Å²) in [4.78, 5) is 14.7. The molecule has 1 heterocycles. The lowest BCUT2D eigenvalue weighted by Crippen LogP contribution is -1.93. The monoisotopic (exact) mass is 358 g/mol. The number of hydrogen-bond donors (Lipinski definition) is 0. The topological polar surface area (TPSA) is 56.0 Å². The highest BCUT2D eigenvalue weighted by Gasteiger charge is 2.13. The highest BCUT2D eigenvalue weighted by Crippen LogP contribution is 2.33. The molecule has 17 heavy (non-hydrogen) atoms. The average Bonchev–Trinajstić information content (AvgIpc) is 2.29. The molecule has 0 N–H and O–H groups in total. The van der Waals surface area contributed by atoms with E-state index < -0.39 is 4.92 Å². The Bertz CT molecular complexity index is 614. The van der Waals surface area contributed by atoms with Crippen LogP contribution in [-0.2, 0) is 6.42 Å². The fourth-order valence-electron chi connectivity index (χ4n) is 1.64. The lowest BCUT2D eigenvalue weighted by Gasteiger charge is -2.07. The van der Waals surface area contributed by atoms with Gasteiger partial charge in [0.15, 0.2) is 0 Å². The molecule has 2 aromatic rings. The van der Waals surface area contributed by atoms with Crippen LogP contribution in [0.4, 0.5) is 5.69 Å². The Morgan fingerprint density at radius 1 is 1.41 bits per heavy atom. The number of nitrogens with zero attached hydrogens (tertiary/aromatic N) is 2. The predicted molar refractivity (Wildman–Crippen MR) is 73.2 cm³/mol. The summed E-state index contributed by atoms with van der Waals surface area (Å²) in [5.41, 5.74) is 1.81. The predicted octanol–water partition coefficient (Wildman–Crippen LogP) is 4.23. The molecule has 0 amide bonds. The molecular weight excluding hydrogens is 352 g/mol. The van der Waals surface area contributed by atoms with Crippen LogP contribution in [0, 0.1) is 10.1 Å². The first-order valence-electron chi connectivity index (χ1n) is 4.96. The summed E-state index contributed by atoms with van der Waals surface area (Å²) in [6, 6.07) is 4.65. The summed E-state index contributed by atoms with van der Waals surface area (Å²) in [5.74, 6) is 0. The van der Waals surface area contributed by atoms with E-state index >= 15 is 0 Å². The van der Waals surface area contributed by atoms with Crippen molar-refractivity contribution in [3.8, 4) is 0 Å². The van der Waals surface area contributed by atoms with Crippen LogP contribution in [0.15, 0.2) is 27.3 Å². The van der Waals surface area contributed by atoms with E-state index in [1.165, 1.54) is 12.1 Å². The highest BCUT2D eigenvalue weighted by molar-refractivity contribution is 9.11. The van der Waals surface area contributed by atoms with Crippen LogP contribution in [0.3, 0.4) is 0 Å². The Kier molecular flexibility index (Phi) is 3.44. The molecule has 1 aromatic carbocycles. The third kappa shape index (κ3) is 2.19. The SMILES string of the molecule is CCc1c(Br)nc2ccc([N+](=O)[O-])cc2c1Br. The number of pyridine rings is 1. The first-order valence-corrected chi connectivity index (χ1v) is 6.55. The quantitative estimate of drug-likeness (QED) is 0.458. The van der Waals surface area contributed by atoms with Gasteiger partial charge in [0.25, 0.3) is 5.69 Å². The van der Waals surface area contributed by atoms with Crippen molar-refractivity contribution in [2.75, 3.05) is 0 Å². The van der Waals surface area contributed by atoms with E-state index in [0.29, 0.717) is 0 Å². The first kappa shape index (κ1) is 12.4. The van der Waals surface area contributed by atoms with E-state index in [-0.39, 0.29) is 5.69 Å². The lowest BCUT2D eigenvalue weighted by atomic mass is 10.1. The number of fused-ring (bicyclic) bond motifs is 1. The largest absolute Gasteiger partial charge is 0.270 e. The number of halogens is 2. The minimum atomic E-state index is -0.403. The van der Waals surface area contributed by atoms with Gasteiger partial charge in [-0.1, -0.05) is 6.92 Å². The molecule has 6 heteroatoms. The Morgan fingerprint density at radius 3 is 2.71 bits per heavy atom. The minimum absolute atomic E-state index is 0.0735. The number of rotatable bonds is 2. The molecule has 0 atom stereocenters. The van der Waals surface area contributed by atoms with Gasteiger partial charge in [-0.15, -0.1) is 0 Å². The van der Waals surface area contributed by atoms with Gasteiger partial charge in [-0.3, -0.25) is 10.1 Å². The molecule has 0 radical (unpaired) electrons. The highest BCUT2D eigenvalue weighted by atomic mass is 79.9. The van der Waals surface area contributed by atoms with Gasteiger partial charge < -0.3 is 0 Å². The Balaban J connectivity index is 2.80. The summed E-state index contributed by atoms with van der Waals surface area (Å²) < 4.78 is 1.63. The van der Waals surface area contributed by atoms with Crippen molar-refractivity contribution in [2.45, 2.75) is 13.3 Å². The second-order valence-electron chi connectivity index (χ2n) is 3.51. The van der Waals surface area contributed by atoms with Crippen molar-refractivity contribution in [3.05, 3.63) is 43.0 Å². The van der Waals surface area contributed by atoms with E-state index in [4.69, 9.17) is 0 Å². The molecular formula is C11H8Br2N2O2. The first-order chi connectivity index (χ1) is 8.04. The average molecular weight is 360 g/mol. The zero-order chi connectivity index (χ0) is 12.6. The maximum absolute atomic E-state index is 10.7. The lowest BCUT2D eigenvalue weighted by molar-refractivity contribution is -0.384. The molecule has 0 aliphatic heterocycles. The van der Waals surface area contributed by atoms with E-state index in [2.05, 4.69) is 36.8 Å². The molecule has 0 aliphatic carbocycles. The minimum Gasteiger partial charge on any atom is -0.258 e. The van der Waals surface area contributed by atoms with Crippen molar-refractivity contribution in [2.24, 2.45) is 0 Å². The summed E-state index contributed by atoms with van der Waals surface area (Å²) in [6.07, 6.45) is 0.798. The maximum Gasteiger partial charge on any atom is 0.270 e. The molecule has 88 valence electrons. The van der Waals surface area contributed by atoms with Gasteiger partial charge >= 0.3 is 0 Å². The molecule has 2 rings (SSSR count). The van der Waals surface area contributed by atoms with Crippen LogP contribution < -0.4 is 0 Å². The van der Waals surface area contributed by atoms with E-state index in [1.54, 1.807) is 6.07 Å². The molecule has 0 unspecified atom stereocenters. The zero-order valence-electron chi connectivity index (χ0n) is 8.91. The zero-order valence-corrected chi connectivity index (χ0v) is 12.1. The fraction of sp³-hybridized carbons (Fsp3) is 0.182. The molecule has 0 saturated heterocycles. The number of nitro benzene ring substituents is 1. The molecule has 0 bridgehead atoms. The van der Waals surface area contributed by atoms with Crippen LogP contribution >= 0.6 is 31.9 Å². The fourth-order valence-corrected chi connectivity index (χ4v) is 3.36. The Morgan fingerprint density at radius 2 is 2.12 bits per heavy atom. The van der Waals surface area contributed by atoms with Gasteiger partial charge in [-0.05, 0) is 49.9 Å². The summed E-state index contributed by atoms with van der Waals surface area (Å²) in [6.45, 7) is 2.01. The van der Waals surface area contributed by atoms with Gasteiger partial charge in [0.2, 0.25) is 0 Å². The number of nitro groups is 1. The third-order valence-electron chi connectivity index (χ3n) is 2.51. The summed E-state index contributed by atoms with van der Waals surface area (Å²) in [7, 11) is 0. The van der Waals surface area contributed by atoms with Gasteiger partial charge in [0, 0.05) is 22.0 Å². The van der Waals surface area contributed by atoms with Crippen LogP contribution in [0.5, 0.6) is 0 Å². The van der Waals surface area contributed by atoms with Crippen LogP contribution in [-0.4, -0.2) is 9.91 Å². The smallest absolute Gasteiger partial charge is 0.258 e. The van der Waals surface area contributed by atoms with Crippen molar-refractivity contribution in [1.29, 1.82) is 0 Å². The standard InChI is InChI=1S/C11H8Br2N2O2/c1-2-7-10(12)8-5-6(15(16)17)3-4-9(8)14-11(7)13/h3-5H,2H2,1H3. The number of benzene rings is 1. The van der Waals surface area contributed by atoms with Crippen LogP contribution in [0.1, 0.15) is 12.5 Å². The van der Waals surface area contributed by atoms with Crippen molar-refractivity contribution < 1.29 is 4.92 Å². The van der Waals surface area contributed by atoms with Crippen molar-refractivity contribution in [3.63, 3.8) is 0 Å². The third-order valence-corrected chi connectivity index (χ3v) is 4.08. The molecule has 4 nitrogen and oxygen atoms in total. The Labute approximate surface area is 114 Å². The normalized spacial score (nSPS) is 10.8. The van der Waals surface area contributed by atoms with E-state index in [1.807, 2.05) is 6.92 Å². The van der Waals surface area contributed by atoms with E-state index in [0.717, 1.165) is 32.0 Å². The van der Waals surface area contributed by atoms with Crippen LogP contribution in [0.2, 0.25) is 0 Å². The van der Waals surface area contributed by atoms with Crippen molar-refractivity contribution >= 4 is 48.5 Å². The number of aromatic nitrogens is 1. The summed E-state index contributed by atoms with van der Waals surface area (Å²) >= 11 is 6.88. The second kappa shape index (κ2) is 4.70. The number of non-ortho nitro benzene ring substituents is 1. The maximum atomic E-state index is 10.7. The second-order valence-corrected chi connectivity index (χ2v) is 5.05. The van der Waals surface area contributed by atoms with Gasteiger partial charge in [0.05, 0.1) is 10.4 Å². The molecule has 0 saturated carbocycles. The summed E-state index contributed by atoms with van der Waals surface area (Å²) in [5, 5.41) is 11.5. The van der Waals surface area contributed by atoms with Crippen molar-refractivity contribution in [1.82, 2.24) is 4.98 Å². The van der Waals surface area contributed by atoms with Gasteiger partial charge in [-0.25, -0.2) is 4.98 Å². The molecule has 0 spiro atoms. The Hall–Kier alpha value is -1.01. The van der Waals surface area contributed by atoms with E-state index in [9.17, 15) is 10.1 Å². The molecule has 0 aliphatic rings. The number of hydrogen-bond acceptors (Lipinski definition) is 3. The molecule has 1 aromatic heterocycles. The van der Waals surface area contributed by atoms with Crippen LogP contribution in [0.25, 0.3) is 10.9 Å². The van der Waals surface area contributed by atoms with Gasteiger partial charge in [0.1, 0.15) is 4.60 Å². The van der Waals surface area contributed by atoms with Gasteiger partial charge in [-0.2, -0.15) is 0 Å².